The van der Waals surface area contributed by atoms with Gasteiger partial charge in [0.05, 0.1) is 29.8 Å². The molecule has 1 unspecified atom stereocenters. The molecule has 0 radical (unpaired) electrons. The van der Waals surface area contributed by atoms with Crippen molar-refractivity contribution >= 4 is 34.8 Å². The zero-order chi connectivity index (χ0) is 27.9. The topological polar surface area (TPSA) is 95.7 Å². The number of rotatable bonds is 12. The summed E-state index contributed by atoms with van der Waals surface area (Å²) in [5.41, 5.74) is 8.46. The number of nitrogens with zero attached hydrogens (tertiary/aromatic N) is 2. The van der Waals surface area contributed by atoms with Crippen molar-refractivity contribution in [2.75, 3.05) is 22.9 Å². The van der Waals surface area contributed by atoms with Gasteiger partial charge in [0, 0.05) is 12.2 Å². The van der Waals surface area contributed by atoms with Gasteiger partial charge in [-0.15, -0.1) is 6.58 Å². The van der Waals surface area contributed by atoms with Crippen molar-refractivity contribution in [2.24, 2.45) is 29.4 Å². The van der Waals surface area contributed by atoms with Crippen LogP contribution in [0.1, 0.15) is 52.4 Å². The molecular weight excluding hydrogens is 488 g/mol. The van der Waals surface area contributed by atoms with Crippen molar-refractivity contribution in [1.29, 1.82) is 0 Å². The molecule has 2 aromatic rings. The molecule has 3 amide bonds. The predicted molar refractivity (Wildman–Crippen MR) is 157 cm³/mol. The highest BCUT2D eigenvalue weighted by Gasteiger charge is 2.39. The monoisotopic (exact) mass is 530 g/mol. The van der Waals surface area contributed by atoms with E-state index in [-0.39, 0.29) is 24.3 Å². The Hall–Kier alpha value is -3.61. The van der Waals surface area contributed by atoms with Crippen molar-refractivity contribution in [1.82, 2.24) is 5.32 Å². The summed E-state index contributed by atoms with van der Waals surface area (Å²) >= 11 is 0. The van der Waals surface area contributed by atoms with Crippen molar-refractivity contribution in [2.45, 2.75) is 58.4 Å². The molecule has 1 fully saturated rings. The number of carbonyl (C=O) groups is 3. The minimum absolute atomic E-state index is 0.129. The number of nitrogens with two attached hydrogens (primary N) is 1. The second-order valence-corrected chi connectivity index (χ2v) is 11.3. The molecule has 2 aliphatic rings. The van der Waals surface area contributed by atoms with E-state index in [2.05, 4.69) is 16.8 Å². The molecule has 39 heavy (non-hydrogen) atoms. The zero-order valence-corrected chi connectivity index (χ0v) is 23.2. The maximum Gasteiger partial charge on any atom is 0.251 e. The predicted octanol–water partition coefficient (Wildman–Crippen LogP) is 5.19. The molecule has 3 N–H and O–H groups in total. The number of para-hydroxylation sites is 3. The van der Waals surface area contributed by atoms with E-state index in [0.29, 0.717) is 25.3 Å². The summed E-state index contributed by atoms with van der Waals surface area (Å²) in [4.78, 5) is 44.3. The van der Waals surface area contributed by atoms with E-state index < -0.39 is 23.8 Å². The normalized spacial score (nSPS) is 19.1. The molecule has 208 valence electrons. The van der Waals surface area contributed by atoms with Crippen LogP contribution in [-0.4, -0.2) is 36.9 Å². The molecular formula is C32H42N4O3. The van der Waals surface area contributed by atoms with E-state index in [1.165, 1.54) is 19.3 Å². The number of nitrogens with one attached hydrogen (secondary N) is 1. The summed E-state index contributed by atoms with van der Waals surface area (Å²) in [6.07, 6.45) is 7.02. The van der Waals surface area contributed by atoms with Crippen molar-refractivity contribution in [3.05, 3.63) is 67.3 Å². The fourth-order valence-corrected chi connectivity index (χ4v) is 5.77. The Bertz CT molecular complexity index is 1160. The summed E-state index contributed by atoms with van der Waals surface area (Å²) in [6.45, 7) is 8.67. The van der Waals surface area contributed by atoms with Gasteiger partial charge in [0.2, 0.25) is 11.8 Å². The molecule has 1 aliphatic carbocycles. The van der Waals surface area contributed by atoms with Crippen LogP contribution >= 0.6 is 0 Å². The summed E-state index contributed by atoms with van der Waals surface area (Å²) in [5.74, 6) is -1.49. The highest BCUT2D eigenvalue weighted by Crippen LogP contribution is 2.38. The third-order valence-electron chi connectivity index (χ3n) is 8.10. The van der Waals surface area contributed by atoms with Crippen LogP contribution in [-0.2, 0) is 14.4 Å². The highest BCUT2D eigenvalue weighted by atomic mass is 16.2. The quantitative estimate of drug-likeness (QED) is 0.369. The van der Waals surface area contributed by atoms with Crippen LogP contribution in [0.25, 0.3) is 0 Å². The average Bonchev–Trinajstić information content (AvgIpc) is 3.00. The first-order valence-corrected chi connectivity index (χ1v) is 14.2. The van der Waals surface area contributed by atoms with E-state index in [9.17, 15) is 14.4 Å². The van der Waals surface area contributed by atoms with Crippen LogP contribution in [0.5, 0.6) is 0 Å². The number of primary amides is 1. The van der Waals surface area contributed by atoms with Gasteiger partial charge in [-0.2, -0.15) is 0 Å². The van der Waals surface area contributed by atoms with E-state index in [0.717, 1.165) is 23.5 Å². The number of anilines is 3. The van der Waals surface area contributed by atoms with Gasteiger partial charge in [-0.3, -0.25) is 14.4 Å². The van der Waals surface area contributed by atoms with Crippen molar-refractivity contribution < 1.29 is 14.4 Å². The van der Waals surface area contributed by atoms with Gasteiger partial charge in [-0.1, -0.05) is 69.5 Å². The Balaban J connectivity index is 1.69. The first kappa shape index (κ1) is 28.4. The zero-order valence-electron chi connectivity index (χ0n) is 23.2. The molecule has 0 aromatic heterocycles. The fraction of sp³-hybridized carbons (Fsp3) is 0.469. The Morgan fingerprint density at radius 1 is 1.05 bits per heavy atom. The minimum atomic E-state index is -0.793. The lowest BCUT2D eigenvalue weighted by molar-refractivity contribution is -0.135. The number of allylic oxidation sites excluding steroid dienone is 1. The molecule has 4 rings (SSSR count). The van der Waals surface area contributed by atoms with Gasteiger partial charge in [0.15, 0.2) is 0 Å². The lowest BCUT2D eigenvalue weighted by Crippen LogP contribution is -2.54. The van der Waals surface area contributed by atoms with Crippen LogP contribution in [0.3, 0.4) is 0 Å². The summed E-state index contributed by atoms with van der Waals surface area (Å²) in [5, 5.41) is 3.07. The maximum atomic E-state index is 14.2. The summed E-state index contributed by atoms with van der Waals surface area (Å²) in [7, 11) is 0. The Morgan fingerprint density at radius 2 is 1.72 bits per heavy atom. The third kappa shape index (κ3) is 6.70. The number of hydrogen-bond donors (Lipinski definition) is 2. The van der Waals surface area contributed by atoms with Gasteiger partial charge < -0.3 is 20.9 Å². The molecule has 7 heteroatoms. The average molecular weight is 531 g/mol. The lowest BCUT2D eigenvalue weighted by Gasteiger charge is -2.31. The van der Waals surface area contributed by atoms with E-state index >= 15 is 0 Å². The minimum Gasteiger partial charge on any atom is -0.369 e. The van der Waals surface area contributed by atoms with Crippen LogP contribution in [0.15, 0.2) is 67.3 Å². The van der Waals surface area contributed by atoms with Crippen molar-refractivity contribution in [3.63, 3.8) is 0 Å². The molecule has 3 atom stereocenters. The number of hydrogen-bond acceptors (Lipinski definition) is 4. The first-order valence-electron chi connectivity index (χ1n) is 14.2. The van der Waals surface area contributed by atoms with Crippen LogP contribution in [0.2, 0.25) is 0 Å². The van der Waals surface area contributed by atoms with E-state index in [4.69, 9.17) is 5.73 Å². The van der Waals surface area contributed by atoms with Gasteiger partial charge in [-0.25, -0.2) is 0 Å². The van der Waals surface area contributed by atoms with E-state index in [1.54, 1.807) is 6.08 Å². The standard InChI is InChI=1S/C32H42N4O3/c1-4-11-25(30(33)37)26(20-22(2)3)31(38)34-27-21-36(24-14-6-5-7-15-24)29-17-9-8-16-28(29)35(32(27)39)19-18-23-12-10-13-23/h4-9,14-17,22-23,25-27H,1,10-13,18-21H2,2-3H3,(H2,33,37)(H,34,38)/t25-,26+,27?/m0/s1. The molecule has 0 bridgehead atoms. The lowest BCUT2D eigenvalue weighted by atomic mass is 9.82. The third-order valence-corrected chi connectivity index (χ3v) is 8.10. The molecule has 1 saturated carbocycles. The Morgan fingerprint density at radius 3 is 2.31 bits per heavy atom. The molecule has 0 saturated heterocycles. The second-order valence-electron chi connectivity index (χ2n) is 11.3. The molecule has 7 nitrogen and oxygen atoms in total. The van der Waals surface area contributed by atoms with Crippen LogP contribution in [0.4, 0.5) is 17.1 Å². The summed E-state index contributed by atoms with van der Waals surface area (Å²) in [6, 6.07) is 17.1. The Labute approximate surface area is 232 Å². The first-order chi connectivity index (χ1) is 18.8. The molecule has 2 aromatic carbocycles. The van der Waals surface area contributed by atoms with Crippen molar-refractivity contribution in [3.8, 4) is 0 Å². The maximum absolute atomic E-state index is 14.2. The van der Waals surface area contributed by atoms with Gasteiger partial charge in [-0.05, 0) is 55.4 Å². The number of amides is 3. The van der Waals surface area contributed by atoms with Gasteiger partial charge >= 0.3 is 0 Å². The van der Waals surface area contributed by atoms with Gasteiger partial charge in [0.1, 0.15) is 6.04 Å². The fourth-order valence-electron chi connectivity index (χ4n) is 5.77. The largest absolute Gasteiger partial charge is 0.369 e. The molecule has 0 spiro atoms. The summed E-state index contributed by atoms with van der Waals surface area (Å²) < 4.78 is 0. The Kier molecular flexibility index (Phi) is 9.44. The van der Waals surface area contributed by atoms with Gasteiger partial charge in [0.25, 0.3) is 5.91 Å². The van der Waals surface area contributed by atoms with E-state index in [1.807, 2.05) is 73.3 Å². The number of benzene rings is 2. The molecule has 1 aliphatic heterocycles. The second kappa shape index (κ2) is 13.0. The smallest absolute Gasteiger partial charge is 0.251 e. The number of carbonyl (C=O) groups excluding carboxylic acids is 3. The highest BCUT2D eigenvalue weighted by molar-refractivity contribution is 6.04. The van der Waals surface area contributed by atoms with Crippen LogP contribution in [0, 0.1) is 23.7 Å². The SMILES string of the molecule is C=CC[C@H](C(N)=O)[C@@H](CC(C)C)C(=O)NC1CN(c2ccccc2)c2ccccc2N(CCC2CCC2)C1=O. The number of fused-ring (bicyclic) bond motifs is 1. The van der Waals surface area contributed by atoms with Crippen LogP contribution < -0.4 is 20.9 Å². The molecule has 1 heterocycles.